The number of likely N-dealkylation sites (tertiary alicyclic amines) is 1. The summed E-state index contributed by atoms with van der Waals surface area (Å²) in [7, 11) is 0. The van der Waals surface area contributed by atoms with Crippen LogP contribution < -0.4 is 5.73 Å². The molecule has 1 atom stereocenters. The van der Waals surface area contributed by atoms with Crippen LogP contribution >= 0.6 is 23.2 Å². The fraction of sp³-hybridized carbons (Fsp3) is 0.417. The first-order valence-electron chi connectivity index (χ1n) is 5.78. The number of halogens is 2. The zero-order valence-corrected chi connectivity index (χ0v) is 11.3. The third kappa shape index (κ3) is 2.71. The summed E-state index contributed by atoms with van der Waals surface area (Å²) in [4.78, 5) is 2.13. The highest BCUT2D eigenvalue weighted by atomic mass is 35.5. The highest BCUT2D eigenvalue weighted by Crippen LogP contribution is 2.28. The Kier molecular flexibility index (Phi) is 4.32. The Morgan fingerprint density at radius 2 is 2.11 bits per heavy atom. The monoisotopic (exact) mass is 287 g/mol. The molecule has 1 aliphatic rings. The van der Waals surface area contributed by atoms with Crippen LogP contribution in [0.25, 0.3) is 0 Å². The van der Waals surface area contributed by atoms with Gasteiger partial charge in [-0.2, -0.15) is 0 Å². The van der Waals surface area contributed by atoms with Gasteiger partial charge in [-0.1, -0.05) is 34.4 Å². The van der Waals surface area contributed by atoms with Crippen molar-refractivity contribution in [3.05, 3.63) is 33.8 Å². The summed E-state index contributed by atoms with van der Waals surface area (Å²) >= 11 is 12.3. The number of benzene rings is 1. The zero-order chi connectivity index (χ0) is 13.1. The summed E-state index contributed by atoms with van der Waals surface area (Å²) in [5.74, 6) is 0.246. The van der Waals surface area contributed by atoms with E-state index >= 15 is 0 Å². The number of oxime groups is 1. The fourth-order valence-electron chi connectivity index (χ4n) is 2.30. The molecule has 1 aromatic rings. The molecular formula is C12H15Cl2N3O. The highest BCUT2D eigenvalue weighted by Gasteiger charge is 2.28. The minimum atomic E-state index is -0.0395. The first-order valence-corrected chi connectivity index (χ1v) is 6.53. The number of nitrogens with zero attached hydrogens (tertiary/aromatic N) is 2. The van der Waals surface area contributed by atoms with Crippen molar-refractivity contribution in [3.63, 3.8) is 0 Å². The van der Waals surface area contributed by atoms with Crippen LogP contribution in [-0.4, -0.2) is 28.5 Å². The molecule has 0 radical (unpaired) electrons. The van der Waals surface area contributed by atoms with Gasteiger partial charge in [0.05, 0.1) is 6.04 Å². The minimum Gasteiger partial charge on any atom is -0.409 e. The van der Waals surface area contributed by atoms with Gasteiger partial charge in [0.25, 0.3) is 0 Å². The predicted molar refractivity (Wildman–Crippen MR) is 73.3 cm³/mol. The molecule has 0 saturated carbocycles. The normalized spacial score (nSPS) is 21.4. The van der Waals surface area contributed by atoms with Crippen molar-refractivity contribution in [2.75, 3.05) is 6.54 Å². The first-order chi connectivity index (χ1) is 8.63. The largest absolute Gasteiger partial charge is 0.409 e. The summed E-state index contributed by atoms with van der Waals surface area (Å²) in [6, 6.07) is 5.41. The standard InChI is InChI=1S/C12H15Cl2N3O/c13-9-3-1-4-10(14)8(9)7-17-6-2-5-11(17)12(15)16-18/h1,3-4,11,18H,2,5-7H2,(H2,15,16). The van der Waals surface area contributed by atoms with Gasteiger partial charge in [0, 0.05) is 22.2 Å². The Bertz CT molecular complexity index is 444. The van der Waals surface area contributed by atoms with Gasteiger partial charge in [-0.25, -0.2) is 0 Å². The van der Waals surface area contributed by atoms with E-state index in [9.17, 15) is 0 Å². The number of hydrogen-bond acceptors (Lipinski definition) is 3. The molecule has 1 unspecified atom stereocenters. The lowest BCUT2D eigenvalue weighted by Gasteiger charge is -2.24. The van der Waals surface area contributed by atoms with E-state index in [0.717, 1.165) is 24.9 Å². The molecule has 18 heavy (non-hydrogen) atoms. The molecule has 6 heteroatoms. The lowest BCUT2D eigenvalue weighted by Crippen LogP contribution is -2.40. The number of rotatable bonds is 3. The topological polar surface area (TPSA) is 61.9 Å². The van der Waals surface area contributed by atoms with E-state index in [0.29, 0.717) is 16.6 Å². The van der Waals surface area contributed by atoms with Gasteiger partial charge in [-0.15, -0.1) is 0 Å². The van der Waals surface area contributed by atoms with Crippen LogP contribution in [0.3, 0.4) is 0 Å². The second-order valence-electron chi connectivity index (χ2n) is 4.35. The second kappa shape index (κ2) is 5.78. The average Bonchev–Trinajstić information content (AvgIpc) is 2.81. The highest BCUT2D eigenvalue weighted by molar-refractivity contribution is 6.35. The van der Waals surface area contributed by atoms with E-state index in [2.05, 4.69) is 10.1 Å². The molecule has 98 valence electrons. The lowest BCUT2D eigenvalue weighted by molar-refractivity contribution is 0.275. The molecule has 0 amide bonds. The van der Waals surface area contributed by atoms with Crippen molar-refractivity contribution in [1.29, 1.82) is 0 Å². The van der Waals surface area contributed by atoms with Crippen molar-refractivity contribution in [3.8, 4) is 0 Å². The van der Waals surface area contributed by atoms with Crippen molar-refractivity contribution in [2.45, 2.75) is 25.4 Å². The third-order valence-electron chi connectivity index (χ3n) is 3.24. The molecule has 1 heterocycles. The molecule has 0 aromatic heterocycles. The van der Waals surface area contributed by atoms with Gasteiger partial charge in [0.1, 0.15) is 0 Å². The van der Waals surface area contributed by atoms with Gasteiger partial charge < -0.3 is 10.9 Å². The summed E-state index contributed by atoms with van der Waals surface area (Å²) in [5, 5.41) is 13.2. The van der Waals surface area contributed by atoms with Crippen molar-refractivity contribution < 1.29 is 5.21 Å². The molecule has 1 fully saturated rings. The van der Waals surface area contributed by atoms with Crippen molar-refractivity contribution >= 4 is 29.0 Å². The number of hydrogen-bond donors (Lipinski definition) is 2. The summed E-state index contributed by atoms with van der Waals surface area (Å²) in [6.45, 7) is 1.50. The second-order valence-corrected chi connectivity index (χ2v) is 5.17. The van der Waals surface area contributed by atoms with E-state index in [4.69, 9.17) is 34.1 Å². The number of amidine groups is 1. The molecular weight excluding hydrogens is 273 g/mol. The van der Waals surface area contributed by atoms with E-state index in [1.165, 1.54) is 0 Å². The summed E-state index contributed by atoms with van der Waals surface area (Å²) in [5.41, 5.74) is 6.58. The Morgan fingerprint density at radius 1 is 1.44 bits per heavy atom. The quantitative estimate of drug-likeness (QED) is 0.389. The average molecular weight is 288 g/mol. The lowest BCUT2D eigenvalue weighted by atomic mass is 10.1. The predicted octanol–water partition coefficient (Wildman–Crippen LogP) is 2.70. The Hall–Kier alpha value is -0.970. The van der Waals surface area contributed by atoms with E-state index in [-0.39, 0.29) is 11.9 Å². The van der Waals surface area contributed by atoms with Crippen LogP contribution in [-0.2, 0) is 6.54 Å². The molecule has 0 spiro atoms. The van der Waals surface area contributed by atoms with Gasteiger partial charge in [-0.3, -0.25) is 4.90 Å². The van der Waals surface area contributed by atoms with Crippen molar-refractivity contribution in [1.82, 2.24) is 4.90 Å². The van der Waals surface area contributed by atoms with Crippen LogP contribution in [0.4, 0.5) is 0 Å². The zero-order valence-electron chi connectivity index (χ0n) is 9.81. The van der Waals surface area contributed by atoms with E-state index in [1.54, 1.807) is 0 Å². The SMILES string of the molecule is NC(=NO)C1CCCN1Cc1c(Cl)cccc1Cl. The smallest absolute Gasteiger partial charge is 0.156 e. The van der Waals surface area contributed by atoms with E-state index in [1.807, 2.05) is 18.2 Å². The Balaban J connectivity index is 2.18. The Morgan fingerprint density at radius 3 is 2.72 bits per heavy atom. The minimum absolute atomic E-state index is 0.0395. The van der Waals surface area contributed by atoms with Crippen molar-refractivity contribution in [2.24, 2.45) is 10.9 Å². The van der Waals surface area contributed by atoms with Crippen LogP contribution in [0, 0.1) is 0 Å². The molecule has 3 N–H and O–H groups in total. The molecule has 2 rings (SSSR count). The van der Waals surface area contributed by atoms with Gasteiger partial charge in [0.15, 0.2) is 5.84 Å². The number of nitrogens with two attached hydrogens (primary N) is 1. The first kappa shape index (κ1) is 13.5. The summed E-state index contributed by atoms with van der Waals surface area (Å²) < 4.78 is 0. The van der Waals surface area contributed by atoms with Crippen LogP contribution in [0.15, 0.2) is 23.4 Å². The Labute approximate surface area is 116 Å². The maximum Gasteiger partial charge on any atom is 0.156 e. The maximum atomic E-state index is 8.77. The third-order valence-corrected chi connectivity index (χ3v) is 3.95. The molecule has 1 aliphatic heterocycles. The molecule has 1 aromatic carbocycles. The summed E-state index contributed by atoms with van der Waals surface area (Å²) in [6.07, 6.45) is 1.90. The molecule has 0 bridgehead atoms. The molecule has 1 saturated heterocycles. The molecule has 4 nitrogen and oxygen atoms in total. The van der Waals surface area contributed by atoms with Crippen LogP contribution in [0.2, 0.25) is 10.0 Å². The van der Waals surface area contributed by atoms with Crippen LogP contribution in [0.1, 0.15) is 18.4 Å². The van der Waals surface area contributed by atoms with Gasteiger partial charge in [0.2, 0.25) is 0 Å². The van der Waals surface area contributed by atoms with Gasteiger partial charge in [-0.05, 0) is 31.5 Å². The molecule has 0 aliphatic carbocycles. The maximum absolute atomic E-state index is 8.77. The fourth-order valence-corrected chi connectivity index (χ4v) is 2.82. The van der Waals surface area contributed by atoms with Gasteiger partial charge >= 0.3 is 0 Å². The van der Waals surface area contributed by atoms with E-state index < -0.39 is 0 Å². The van der Waals surface area contributed by atoms with Crippen LogP contribution in [0.5, 0.6) is 0 Å².